The predicted molar refractivity (Wildman–Crippen MR) is 73.9 cm³/mol. The van der Waals surface area contributed by atoms with Gasteiger partial charge in [0.25, 0.3) is 0 Å². The number of pyridine rings is 2. The second kappa shape index (κ2) is 4.94. The standard InChI is InChI=1S/C15H9FN4/c16-10-1-2-14-13(7-10)15(8-12(9-17)20-14)19-11-3-5-18-6-4-11/h1-8H,(H,18,19,20). The van der Waals surface area contributed by atoms with E-state index >= 15 is 0 Å². The van der Waals surface area contributed by atoms with E-state index < -0.39 is 0 Å². The third-order valence-corrected chi connectivity index (χ3v) is 2.84. The van der Waals surface area contributed by atoms with E-state index in [1.54, 1.807) is 36.7 Å². The van der Waals surface area contributed by atoms with Crippen LogP contribution >= 0.6 is 0 Å². The smallest absolute Gasteiger partial charge is 0.143 e. The van der Waals surface area contributed by atoms with Crippen molar-refractivity contribution in [3.63, 3.8) is 0 Å². The summed E-state index contributed by atoms with van der Waals surface area (Å²) in [7, 11) is 0. The largest absolute Gasteiger partial charge is 0.355 e. The number of nitriles is 1. The van der Waals surface area contributed by atoms with E-state index in [0.717, 1.165) is 5.69 Å². The summed E-state index contributed by atoms with van der Waals surface area (Å²) >= 11 is 0. The van der Waals surface area contributed by atoms with E-state index in [1.165, 1.54) is 12.1 Å². The number of nitrogens with zero attached hydrogens (tertiary/aromatic N) is 3. The Morgan fingerprint density at radius 3 is 2.65 bits per heavy atom. The number of hydrogen-bond acceptors (Lipinski definition) is 4. The van der Waals surface area contributed by atoms with Crippen molar-refractivity contribution >= 4 is 22.3 Å². The number of halogens is 1. The maximum absolute atomic E-state index is 13.4. The summed E-state index contributed by atoms with van der Waals surface area (Å²) in [5.74, 6) is -0.346. The number of benzene rings is 1. The van der Waals surface area contributed by atoms with Crippen molar-refractivity contribution in [2.45, 2.75) is 0 Å². The first-order valence-electron chi connectivity index (χ1n) is 5.94. The number of rotatable bonds is 2. The monoisotopic (exact) mass is 264 g/mol. The molecule has 0 bridgehead atoms. The topological polar surface area (TPSA) is 61.6 Å². The molecule has 2 aromatic heterocycles. The molecule has 1 aromatic carbocycles. The Hall–Kier alpha value is -3.00. The molecule has 1 N–H and O–H groups in total. The van der Waals surface area contributed by atoms with Crippen molar-refractivity contribution in [1.82, 2.24) is 9.97 Å². The molecule has 0 spiro atoms. The normalized spacial score (nSPS) is 10.2. The van der Waals surface area contributed by atoms with Gasteiger partial charge in [-0.25, -0.2) is 9.37 Å². The number of nitrogens with one attached hydrogen (secondary N) is 1. The van der Waals surface area contributed by atoms with Gasteiger partial charge in [0.05, 0.1) is 11.2 Å². The second-order valence-corrected chi connectivity index (χ2v) is 4.19. The molecule has 0 fully saturated rings. The Bertz CT molecular complexity index is 809. The fourth-order valence-electron chi connectivity index (χ4n) is 1.95. The van der Waals surface area contributed by atoms with Crippen molar-refractivity contribution in [3.8, 4) is 6.07 Å². The number of aromatic nitrogens is 2. The highest BCUT2D eigenvalue weighted by molar-refractivity contribution is 5.93. The van der Waals surface area contributed by atoms with Crippen LogP contribution in [-0.2, 0) is 0 Å². The first-order chi connectivity index (χ1) is 9.76. The van der Waals surface area contributed by atoms with Gasteiger partial charge in [0, 0.05) is 23.5 Å². The van der Waals surface area contributed by atoms with Gasteiger partial charge in [-0.2, -0.15) is 5.26 Å². The molecule has 20 heavy (non-hydrogen) atoms. The van der Waals surface area contributed by atoms with Gasteiger partial charge in [0.15, 0.2) is 0 Å². The Labute approximate surface area is 114 Å². The zero-order valence-corrected chi connectivity index (χ0v) is 10.3. The molecule has 0 atom stereocenters. The number of fused-ring (bicyclic) bond motifs is 1. The second-order valence-electron chi connectivity index (χ2n) is 4.19. The van der Waals surface area contributed by atoms with E-state index in [4.69, 9.17) is 5.26 Å². The van der Waals surface area contributed by atoms with Gasteiger partial charge in [-0.3, -0.25) is 4.98 Å². The molecule has 2 heterocycles. The van der Waals surface area contributed by atoms with Gasteiger partial charge < -0.3 is 5.32 Å². The van der Waals surface area contributed by atoms with Gasteiger partial charge in [0.1, 0.15) is 17.6 Å². The van der Waals surface area contributed by atoms with E-state index in [9.17, 15) is 4.39 Å². The van der Waals surface area contributed by atoms with Gasteiger partial charge in [0.2, 0.25) is 0 Å². The predicted octanol–water partition coefficient (Wildman–Crippen LogP) is 3.38. The van der Waals surface area contributed by atoms with Gasteiger partial charge >= 0.3 is 0 Å². The number of anilines is 2. The summed E-state index contributed by atoms with van der Waals surface area (Å²) in [5.41, 5.74) is 2.29. The van der Waals surface area contributed by atoms with E-state index in [1.807, 2.05) is 6.07 Å². The lowest BCUT2D eigenvalue weighted by molar-refractivity contribution is 0.629. The molecule has 0 saturated carbocycles. The fraction of sp³-hybridized carbons (Fsp3) is 0. The lowest BCUT2D eigenvalue weighted by atomic mass is 10.1. The average molecular weight is 264 g/mol. The quantitative estimate of drug-likeness (QED) is 0.770. The molecule has 0 unspecified atom stereocenters. The minimum atomic E-state index is -0.346. The van der Waals surface area contributed by atoms with E-state index in [-0.39, 0.29) is 11.5 Å². The summed E-state index contributed by atoms with van der Waals surface area (Å²) in [6.45, 7) is 0. The summed E-state index contributed by atoms with van der Waals surface area (Å²) < 4.78 is 13.4. The van der Waals surface area contributed by atoms with Crippen LogP contribution in [-0.4, -0.2) is 9.97 Å². The molecule has 0 radical (unpaired) electrons. The summed E-state index contributed by atoms with van der Waals surface area (Å²) in [6, 6.07) is 11.5. The van der Waals surface area contributed by atoms with E-state index in [0.29, 0.717) is 16.6 Å². The maximum Gasteiger partial charge on any atom is 0.143 e. The first kappa shape index (κ1) is 12.1. The molecule has 0 aliphatic carbocycles. The summed E-state index contributed by atoms with van der Waals surface area (Å²) in [5, 5.41) is 12.8. The highest BCUT2D eigenvalue weighted by Crippen LogP contribution is 2.26. The lowest BCUT2D eigenvalue weighted by Gasteiger charge is -2.10. The highest BCUT2D eigenvalue weighted by Gasteiger charge is 2.07. The fourth-order valence-corrected chi connectivity index (χ4v) is 1.95. The maximum atomic E-state index is 13.4. The van der Waals surface area contributed by atoms with Crippen LogP contribution in [0.25, 0.3) is 10.9 Å². The van der Waals surface area contributed by atoms with Crippen LogP contribution in [0.3, 0.4) is 0 Å². The minimum absolute atomic E-state index is 0.278. The lowest BCUT2D eigenvalue weighted by Crippen LogP contribution is -1.95. The molecule has 5 heteroatoms. The molecular formula is C15H9FN4. The number of hydrogen-bond donors (Lipinski definition) is 1. The Morgan fingerprint density at radius 2 is 1.90 bits per heavy atom. The highest BCUT2D eigenvalue weighted by atomic mass is 19.1. The van der Waals surface area contributed by atoms with Crippen molar-refractivity contribution in [2.75, 3.05) is 5.32 Å². The van der Waals surface area contributed by atoms with Gasteiger partial charge in [-0.15, -0.1) is 0 Å². The molecule has 0 amide bonds. The molecule has 0 aliphatic rings. The molecule has 0 saturated heterocycles. The van der Waals surface area contributed by atoms with Crippen LogP contribution in [0, 0.1) is 17.1 Å². The molecule has 3 rings (SSSR count). The summed E-state index contributed by atoms with van der Waals surface area (Å²) in [4.78, 5) is 8.09. The molecule has 0 aliphatic heterocycles. The van der Waals surface area contributed by atoms with Crippen LogP contribution < -0.4 is 5.32 Å². The molecular weight excluding hydrogens is 255 g/mol. The van der Waals surface area contributed by atoms with Crippen LogP contribution in [0.4, 0.5) is 15.8 Å². The van der Waals surface area contributed by atoms with Crippen LogP contribution in [0.1, 0.15) is 5.69 Å². The SMILES string of the molecule is N#Cc1cc(Nc2ccncc2)c2cc(F)ccc2n1. The zero-order valence-electron chi connectivity index (χ0n) is 10.3. The molecule has 4 nitrogen and oxygen atoms in total. The van der Waals surface area contributed by atoms with Crippen LogP contribution in [0.2, 0.25) is 0 Å². The third kappa shape index (κ3) is 2.27. The average Bonchev–Trinajstić information content (AvgIpc) is 2.48. The Balaban J connectivity index is 2.17. The molecule has 96 valence electrons. The van der Waals surface area contributed by atoms with Crippen LogP contribution in [0.15, 0.2) is 48.8 Å². The Kier molecular flexibility index (Phi) is 2.98. The van der Waals surface area contributed by atoms with E-state index in [2.05, 4.69) is 15.3 Å². The first-order valence-corrected chi connectivity index (χ1v) is 5.94. The van der Waals surface area contributed by atoms with Crippen LogP contribution in [0.5, 0.6) is 0 Å². The summed E-state index contributed by atoms with van der Waals surface area (Å²) in [6.07, 6.45) is 3.30. The minimum Gasteiger partial charge on any atom is -0.355 e. The van der Waals surface area contributed by atoms with Crippen molar-refractivity contribution in [1.29, 1.82) is 5.26 Å². The van der Waals surface area contributed by atoms with Crippen molar-refractivity contribution in [2.24, 2.45) is 0 Å². The van der Waals surface area contributed by atoms with Crippen molar-refractivity contribution in [3.05, 3.63) is 60.3 Å². The van der Waals surface area contributed by atoms with Gasteiger partial charge in [-0.1, -0.05) is 0 Å². The molecule has 3 aromatic rings. The van der Waals surface area contributed by atoms with Gasteiger partial charge in [-0.05, 0) is 36.4 Å². The third-order valence-electron chi connectivity index (χ3n) is 2.84. The zero-order chi connectivity index (χ0) is 13.9. The van der Waals surface area contributed by atoms with Crippen molar-refractivity contribution < 1.29 is 4.39 Å². The Morgan fingerprint density at radius 1 is 1.10 bits per heavy atom.